The number of para-hydroxylation sites is 1. The molecule has 6 heteroatoms. The molecule has 1 fully saturated rings. The van der Waals surface area contributed by atoms with Crippen molar-refractivity contribution in [2.75, 3.05) is 39.9 Å². The summed E-state index contributed by atoms with van der Waals surface area (Å²) < 4.78 is 10.9. The van der Waals surface area contributed by atoms with E-state index in [1.165, 1.54) is 0 Å². The van der Waals surface area contributed by atoms with Crippen molar-refractivity contribution in [3.63, 3.8) is 0 Å². The van der Waals surface area contributed by atoms with Crippen molar-refractivity contribution >= 4 is 11.8 Å². The van der Waals surface area contributed by atoms with Crippen LogP contribution in [0.4, 0.5) is 0 Å². The van der Waals surface area contributed by atoms with Gasteiger partial charge >= 0.3 is 0 Å². The SMILES string of the molecule is CCc1ccccc1OCC(=O)N1CCCN(C(=O)Cc2ccc(OC)cc2)CC1. The van der Waals surface area contributed by atoms with Gasteiger partial charge in [0.05, 0.1) is 13.5 Å². The number of carbonyl (C=O) groups is 2. The predicted molar refractivity (Wildman–Crippen MR) is 116 cm³/mol. The van der Waals surface area contributed by atoms with Crippen molar-refractivity contribution in [2.45, 2.75) is 26.2 Å². The van der Waals surface area contributed by atoms with Gasteiger partial charge in [0.25, 0.3) is 5.91 Å². The smallest absolute Gasteiger partial charge is 0.260 e. The molecule has 0 radical (unpaired) electrons. The fourth-order valence-electron chi connectivity index (χ4n) is 3.61. The van der Waals surface area contributed by atoms with Crippen molar-refractivity contribution < 1.29 is 19.1 Å². The number of carbonyl (C=O) groups excluding carboxylic acids is 2. The van der Waals surface area contributed by atoms with Gasteiger partial charge in [0.2, 0.25) is 5.91 Å². The van der Waals surface area contributed by atoms with Gasteiger partial charge in [-0.05, 0) is 42.2 Å². The molecule has 1 heterocycles. The van der Waals surface area contributed by atoms with Crippen LogP contribution < -0.4 is 9.47 Å². The first-order chi connectivity index (χ1) is 14.6. The number of rotatable bonds is 7. The molecule has 3 rings (SSSR count). The molecule has 2 aromatic carbocycles. The van der Waals surface area contributed by atoms with Crippen molar-refractivity contribution in [3.05, 3.63) is 59.7 Å². The molecule has 2 amide bonds. The Hall–Kier alpha value is -3.02. The van der Waals surface area contributed by atoms with Crippen LogP contribution in [-0.4, -0.2) is 61.5 Å². The van der Waals surface area contributed by atoms with Crippen LogP contribution in [0.3, 0.4) is 0 Å². The van der Waals surface area contributed by atoms with Gasteiger partial charge in [0.1, 0.15) is 11.5 Å². The molecule has 0 spiro atoms. The van der Waals surface area contributed by atoms with Gasteiger partial charge in [-0.25, -0.2) is 0 Å². The number of methoxy groups -OCH3 is 1. The summed E-state index contributed by atoms with van der Waals surface area (Å²) in [5, 5.41) is 0. The first kappa shape index (κ1) is 21.7. The molecule has 160 valence electrons. The minimum absolute atomic E-state index is 0.0246. The summed E-state index contributed by atoms with van der Waals surface area (Å²) in [7, 11) is 1.62. The van der Waals surface area contributed by atoms with Gasteiger partial charge in [-0.3, -0.25) is 9.59 Å². The molecule has 0 aliphatic carbocycles. The maximum Gasteiger partial charge on any atom is 0.260 e. The maximum absolute atomic E-state index is 12.7. The van der Waals surface area contributed by atoms with Gasteiger partial charge in [0, 0.05) is 26.2 Å². The summed E-state index contributed by atoms with van der Waals surface area (Å²) in [6, 6.07) is 15.3. The summed E-state index contributed by atoms with van der Waals surface area (Å²) in [6.45, 7) is 4.48. The van der Waals surface area contributed by atoms with E-state index in [4.69, 9.17) is 9.47 Å². The second-order valence-corrected chi connectivity index (χ2v) is 7.39. The number of hydrogen-bond donors (Lipinski definition) is 0. The minimum Gasteiger partial charge on any atom is -0.497 e. The average Bonchev–Trinajstić information content (AvgIpc) is 3.04. The monoisotopic (exact) mass is 410 g/mol. The number of amides is 2. The Balaban J connectivity index is 1.49. The Labute approximate surface area is 178 Å². The van der Waals surface area contributed by atoms with Gasteiger partial charge < -0.3 is 19.3 Å². The molecule has 30 heavy (non-hydrogen) atoms. The van der Waals surface area contributed by atoms with E-state index in [1.807, 2.05) is 53.4 Å². The van der Waals surface area contributed by atoms with Crippen molar-refractivity contribution in [1.82, 2.24) is 9.80 Å². The van der Waals surface area contributed by atoms with E-state index in [-0.39, 0.29) is 18.4 Å². The van der Waals surface area contributed by atoms with Gasteiger partial charge in [-0.1, -0.05) is 37.3 Å². The van der Waals surface area contributed by atoms with Crippen molar-refractivity contribution in [1.29, 1.82) is 0 Å². The number of aryl methyl sites for hydroxylation is 1. The van der Waals surface area contributed by atoms with E-state index in [9.17, 15) is 9.59 Å². The average molecular weight is 411 g/mol. The molecule has 0 bridgehead atoms. The Bertz CT molecular complexity index is 851. The zero-order valence-electron chi connectivity index (χ0n) is 17.8. The fraction of sp³-hybridized carbons (Fsp3) is 0.417. The highest BCUT2D eigenvalue weighted by molar-refractivity contribution is 5.80. The highest BCUT2D eigenvalue weighted by Gasteiger charge is 2.22. The van der Waals surface area contributed by atoms with Gasteiger partial charge in [-0.15, -0.1) is 0 Å². The first-order valence-electron chi connectivity index (χ1n) is 10.5. The Morgan fingerprint density at radius 3 is 2.23 bits per heavy atom. The van der Waals surface area contributed by atoms with E-state index < -0.39 is 0 Å². The summed E-state index contributed by atoms with van der Waals surface area (Å²) in [5.41, 5.74) is 2.05. The molecule has 0 atom stereocenters. The van der Waals surface area contributed by atoms with Crippen LogP contribution >= 0.6 is 0 Å². The molecule has 1 aliphatic heterocycles. The molecule has 0 aromatic heterocycles. The molecule has 1 aliphatic rings. The zero-order chi connectivity index (χ0) is 21.3. The topological polar surface area (TPSA) is 59.1 Å². The van der Waals surface area contributed by atoms with Gasteiger partial charge in [-0.2, -0.15) is 0 Å². The second-order valence-electron chi connectivity index (χ2n) is 7.39. The quantitative estimate of drug-likeness (QED) is 0.704. The van der Waals surface area contributed by atoms with Crippen LogP contribution in [0.1, 0.15) is 24.5 Å². The van der Waals surface area contributed by atoms with E-state index in [0.29, 0.717) is 32.6 Å². The minimum atomic E-state index is -0.0367. The number of hydrogen-bond acceptors (Lipinski definition) is 4. The molecule has 2 aromatic rings. The number of benzene rings is 2. The molecule has 0 unspecified atom stereocenters. The Morgan fingerprint density at radius 1 is 0.900 bits per heavy atom. The summed E-state index contributed by atoms with van der Waals surface area (Å²) in [4.78, 5) is 29.0. The molecular weight excluding hydrogens is 380 g/mol. The van der Waals surface area contributed by atoms with Crippen LogP contribution in [0, 0.1) is 0 Å². The summed E-state index contributed by atoms with van der Waals surface area (Å²) >= 11 is 0. The summed E-state index contributed by atoms with van der Waals surface area (Å²) in [6.07, 6.45) is 1.99. The second kappa shape index (κ2) is 10.7. The van der Waals surface area contributed by atoms with Crippen LogP contribution in [0.5, 0.6) is 11.5 Å². The lowest BCUT2D eigenvalue weighted by Crippen LogP contribution is -2.39. The lowest BCUT2D eigenvalue weighted by Gasteiger charge is -2.22. The maximum atomic E-state index is 12.7. The van der Waals surface area contributed by atoms with Crippen LogP contribution in [0.25, 0.3) is 0 Å². The third-order valence-electron chi connectivity index (χ3n) is 5.42. The van der Waals surface area contributed by atoms with E-state index in [2.05, 4.69) is 6.92 Å². The fourth-order valence-corrected chi connectivity index (χ4v) is 3.61. The highest BCUT2D eigenvalue weighted by atomic mass is 16.5. The van der Waals surface area contributed by atoms with Gasteiger partial charge in [0.15, 0.2) is 6.61 Å². The molecule has 0 N–H and O–H groups in total. The third kappa shape index (κ3) is 5.75. The molecule has 6 nitrogen and oxygen atoms in total. The van der Waals surface area contributed by atoms with E-state index in [1.54, 1.807) is 12.0 Å². The van der Waals surface area contributed by atoms with E-state index in [0.717, 1.165) is 35.5 Å². The lowest BCUT2D eigenvalue weighted by molar-refractivity contribution is -0.134. The molecule has 1 saturated heterocycles. The van der Waals surface area contributed by atoms with E-state index >= 15 is 0 Å². The lowest BCUT2D eigenvalue weighted by atomic mass is 10.1. The van der Waals surface area contributed by atoms with Crippen LogP contribution in [-0.2, 0) is 22.4 Å². The number of nitrogens with zero attached hydrogens (tertiary/aromatic N) is 2. The standard InChI is InChI=1S/C24H30N2O4/c1-3-20-7-4-5-8-22(20)30-18-24(28)26-14-6-13-25(15-16-26)23(27)17-19-9-11-21(29-2)12-10-19/h4-5,7-12H,3,6,13-18H2,1-2H3. The largest absolute Gasteiger partial charge is 0.497 e. The van der Waals surface area contributed by atoms with Crippen LogP contribution in [0.2, 0.25) is 0 Å². The van der Waals surface area contributed by atoms with Crippen LogP contribution in [0.15, 0.2) is 48.5 Å². The zero-order valence-corrected chi connectivity index (χ0v) is 17.8. The van der Waals surface area contributed by atoms with Crippen molar-refractivity contribution in [2.24, 2.45) is 0 Å². The number of ether oxygens (including phenoxy) is 2. The highest BCUT2D eigenvalue weighted by Crippen LogP contribution is 2.18. The third-order valence-corrected chi connectivity index (χ3v) is 5.42. The molecular formula is C24H30N2O4. The van der Waals surface area contributed by atoms with Crippen molar-refractivity contribution in [3.8, 4) is 11.5 Å². The Morgan fingerprint density at radius 2 is 1.57 bits per heavy atom. The Kier molecular flexibility index (Phi) is 7.71. The molecule has 0 saturated carbocycles. The normalized spacial score (nSPS) is 14.2. The summed E-state index contributed by atoms with van der Waals surface area (Å²) in [5.74, 6) is 1.59. The first-order valence-corrected chi connectivity index (χ1v) is 10.5. The predicted octanol–water partition coefficient (Wildman–Crippen LogP) is 2.94.